The van der Waals surface area contributed by atoms with Gasteiger partial charge in [-0.15, -0.1) is 0 Å². The molecule has 0 radical (unpaired) electrons. The van der Waals surface area contributed by atoms with Crippen molar-refractivity contribution in [3.8, 4) is 0 Å². The average molecular weight is 274 g/mol. The Morgan fingerprint density at radius 1 is 1.25 bits per heavy atom. The molecule has 1 aliphatic rings. The molecule has 0 aromatic heterocycles. The zero-order chi connectivity index (χ0) is 14.7. The fraction of sp³-hybridized carbons (Fsp3) is 0.667. The Balaban J connectivity index is 2.31. The van der Waals surface area contributed by atoms with Gasteiger partial charge < -0.3 is 10.2 Å². The van der Waals surface area contributed by atoms with E-state index in [4.69, 9.17) is 0 Å². The van der Waals surface area contributed by atoms with Gasteiger partial charge in [0.15, 0.2) is 0 Å². The highest BCUT2D eigenvalue weighted by atomic mass is 15.2. The zero-order valence-electron chi connectivity index (χ0n) is 13.7. The molecule has 0 amide bonds. The molecule has 0 spiro atoms. The molecule has 1 aliphatic heterocycles. The molecule has 0 saturated carbocycles. The molecule has 1 aromatic rings. The van der Waals surface area contributed by atoms with Crippen molar-refractivity contribution in [2.75, 3.05) is 18.0 Å². The smallest absolute Gasteiger partial charge is 0.0417 e. The summed E-state index contributed by atoms with van der Waals surface area (Å²) in [7, 11) is 0. The molecule has 1 aromatic carbocycles. The third-order valence-corrected chi connectivity index (χ3v) is 4.82. The van der Waals surface area contributed by atoms with Crippen LogP contribution >= 0.6 is 0 Å². The van der Waals surface area contributed by atoms with Gasteiger partial charge in [0.05, 0.1) is 0 Å². The van der Waals surface area contributed by atoms with Crippen LogP contribution in [0, 0.1) is 11.8 Å². The monoisotopic (exact) mass is 274 g/mol. The molecule has 1 N–H and O–H groups in total. The van der Waals surface area contributed by atoms with E-state index in [0.29, 0.717) is 12.1 Å². The minimum absolute atomic E-state index is 0.413. The molecular weight excluding hydrogens is 244 g/mol. The Labute approximate surface area is 124 Å². The Bertz CT molecular complexity index is 429. The van der Waals surface area contributed by atoms with Crippen molar-refractivity contribution in [3.63, 3.8) is 0 Å². The van der Waals surface area contributed by atoms with Crippen LogP contribution in [-0.2, 0) is 0 Å². The predicted molar refractivity (Wildman–Crippen MR) is 88.3 cm³/mol. The normalized spacial score (nSPS) is 28.4. The van der Waals surface area contributed by atoms with E-state index in [0.717, 1.165) is 18.4 Å². The summed E-state index contributed by atoms with van der Waals surface area (Å²) >= 11 is 0. The lowest BCUT2D eigenvalue weighted by molar-refractivity contribution is 0.296. The van der Waals surface area contributed by atoms with Gasteiger partial charge >= 0.3 is 0 Å². The van der Waals surface area contributed by atoms with E-state index in [2.05, 4.69) is 69.1 Å². The van der Waals surface area contributed by atoms with Crippen molar-refractivity contribution >= 4 is 5.69 Å². The fourth-order valence-electron chi connectivity index (χ4n) is 3.56. The van der Waals surface area contributed by atoms with E-state index in [-0.39, 0.29) is 0 Å². The second-order valence-corrected chi connectivity index (χ2v) is 6.55. The molecular formula is C18H30N2. The lowest BCUT2D eigenvalue weighted by atomic mass is 9.85. The molecule has 1 heterocycles. The number of hydrogen-bond acceptors (Lipinski definition) is 2. The number of rotatable bonds is 4. The van der Waals surface area contributed by atoms with Gasteiger partial charge in [0.2, 0.25) is 0 Å². The fourth-order valence-corrected chi connectivity index (χ4v) is 3.56. The van der Waals surface area contributed by atoms with Gasteiger partial charge in [0.1, 0.15) is 0 Å². The summed E-state index contributed by atoms with van der Waals surface area (Å²) in [5.41, 5.74) is 2.86. The van der Waals surface area contributed by atoms with Crippen molar-refractivity contribution < 1.29 is 0 Å². The van der Waals surface area contributed by atoms with Crippen molar-refractivity contribution in [3.05, 3.63) is 29.8 Å². The summed E-state index contributed by atoms with van der Waals surface area (Å²) in [5.74, 6) is 1.55. The number of benzene rings is 1. The number of nitrogens with one attached hydrogen (secondary N) is 1. The van der Waals surface area contributed by atoms with Crippen LogP contribution in [0.2, 0.25) is 0 Å². The first-order chi connectivity index (χ1) is 9.54. The Morgan fingerprint density at radius 2 is 1.95 bits per heavy atom. The molecule has 1 fully saturated rings. The quantitative estimate of drug-likeness (QED) is 0.884. The molecule has 4 unspecified atom stereocenters. The van der Waals surface area contributed by atoms with Crippen LogP contribution in [0.5, 0.6) is 0 Å². The number of hydrogen-bond donors (Lipinski definition) is 1. The SMILES string of the molecule is CCNC(C)c1ccccc1N1CC(C)CC(C)C1C. The van der Waals surface area contributed by atoms with Gasteiger partial charge in [0.25, 0.3) is 0 Å². The molecule has 0 aliphatic carbocycles. The Kier molecular flexibility index (Phi) is 5.09. The summed E-state index contributed by atoms with van der Waals surface area (Å²) in [4.78, 5) is 2.63. The maximum Gasteiger partial charge on any atom is 0.0417 e. The second kappa shape index (κ2) is 6.62. The standard InChI is InChI=1S/C18H30N2/c1-6-19-15(4)17-9-7-8-10-18(17)20-12-13(2)11-14(3)16(20)5/h7-10,13-16,19H,6,11-12H2,1-5H3. The Morgan fingerprint density at radius 3 is 2.65 bits per heavy atom. The lowest BCUT2D eigenvalue weighted by Crippen LogP contribution is -2.46. The first-order valence-electron chi connectivity index (χ1n) is 8.13. The van der Waals surface area contributed by atoms with Gasteiger partial charge in [0, 0.05) is 24.3 Å². The summed E-state index contributed by atoms with van der Waals surface area (Å²) in [6.45, 7) is 13.8. The van der Waals surface area contributed by atoms with E-state index in [9.17, 15) is 0 Å². The summed E-state index contributed by atoms with van der Waals surface area (Å²) in [5, 5.41) is 3.55. The molecule has 1 saturated heterocycles. The molecule has 20 heavy (non-hydrogen) atoms. The molecule has 2 heteroatoms. The molecule has 112 valence electrons. The summed E-state index contributed by atoms with van der Waals surface area (Å²) in [6.07, 6.45) is 1.35. The van der Waals surface area contributed by atoms with Crippen molar-refractivity contribution in [2.45, 2.75) is 53.1 Å². The number of para-hydroxylation sites is 1. The van der Waals surface area contributed by atoms with E-state index in [1.54, 1.807) is 0 Å². The first-order valence-corrected chi connectivity index (χ1v) is 8.13. The van der Waals surface area contributed by atoms with Gasteiger partial charge in [-0.25, -0.2) is 0 Å². The zero-order valence-corrected chi connectivity index (χ0v) is 13.7. The van der Waals surface area contributed by atoms with E-state index in [1.807, 2.05) is 0 Å². The highest BCUT2D eigenvalue weighted by Crippen LogP contribution is 2.35. The molecule has 0 bridgehead atoms. The van der Waals surface area contributed by atoms with Crippen LogP contribution < -0.4 is 10.2 Å². The van der Waals surface area contributed by atoms with E-state index in [1.165, 1.54) is 24.2 Å². The van der Waals surface area contributed by atoms with Gasteiger partial charge in [-0.3, -0.25) is 0 Å². The number of nitrogens with zero attached hydrogens (tertiary/aromatic N) is 1. The minimum atomic E-state index is 0.413. The van der Waals surface area contributed by atoms with Crippen LogP contribution in [-0.4, -0.2) is 19.1 Å². The Hall–Kier alpha value is -1.02. The molecule has 2 nitrogen and oxygen atoms in total. The maximum absolute atomic E-state index is 3.55. The first kappa shape index (κ1) is 15.4. The maximum atomic E-state index is 3.55. The highest BCUT2D eigenvalue weighted by Gasteiger charge is 2.30. The largest absolute Gasteiger partial charge is 0.368 e. The number of anilines is 1. The van der Waals surface area contributed by atoms with Crippen molar-refractivity contribution in [2.24, 2.45) is 11.8 Å². The average Bonchev–Trinajstić information content (AvgIpc) is 2.43. The number of piperidine rings is 1. The van der Waals surface area contributed by atoms with Crippen LogP contribution in [0.3, 0.4) is 0 Å². The highest BCUT2D eigenvalue weighted by molar-refractivity contribution is 5.56. The van der Waals surface area contributed by atoms with E-state index < -0.39 is 0 Å². The van der Waals surface area contributed by atoms with Gasteiger partial charge in [-0.1, -0.05) is 39.0 Å². The van der Waals surface area contributed by atoms with Crippen LogP contribution in [0.1, 0.15) is 52.6 Å². The van der Waals surface area contributed by atoms with Gasteiger partial charge in [-0.05, 0) is 50.3 Å². The molecule has 4 atom stereocenters. The minimum Gasteiger partial charge on any atom is -0.368 e. The lowest BCUT2D eigenvalue weighted by Gasteiger charge is -2.44. The summed E-state index contributed by atoms with van der Waals surface area (Å²) in [6, 6.07) is 9.95. The van der Waals surface area contributed by atoms with Gasteiger partial charge in [-0.2, -0.15) is 0 Å². The van der Waals surface area contributed by atoms with Crippen LogP contribution in [0.15, 0.2) is 24.3 Å². The van der Waals surface area contributed by atoms with Crippen molar-refractivity contribution in [1.82, 2.24) is 5.32 Å². The third-order valence-electron chi connectivity index (χ3n) is 4.82. The van der Waals surface area contributed by atoms with Crippen molar-refractivity contribution in [1.29, 1.82) is 0 Å². The van der Waals surface area contributed by atoms with Crippen LogP contribution in [0.4, 0.5) is 5.69 Å². The predicted octanol–water partition coefficient (Wildman–Crippen LogP) is 4.23. The summed E-state index contributed by atoms with van der Waals surface area (Å²) < 4.78 is 0. The third kappa shape index (κ3) is 3.17. The van der Waals surface area contributed by atoms with Crippen LogP contribution in [0.25, 0.3) is 0 Å². The molecule has 2 rings (SSSR count). The topological polar surface area (TPSA) is 15.3 Å². The second-order valence-electron chi connectivity index (χ2n) is 6.55. The van der Waals surface area contributed by atoms with E-state index >= 15 is 0 Å².